The summed E-state index contributed by atoms with van der Waals surface area (Å²) >= 11 is 0. The molecule has 0 aliphatic heterocycles. The van der Waals surface area contributed by atoms with Crippen LogP contribution in [0.4, 0.5) is 11.8 Å². The Bertz CT molecular complexity index is 358. The van der Waals surface area contributed by atoms with Gasteiger partial charge in [0.15, 0.2) is 0 Å². The zero-order valence-electron chi connectivity index (χ0n) is 9.59. The number of hydrogen-bond donors (Lipinski definition) is 2. The van der Waals surface area contributed by atoms with Gasteiger partial charge in [0.05, 0.1) is 0 Å². The first-order chi connectivity index (χ1) is 7.11. The lowest BCUT2D eigenvalue weighted by atomic mass is 10.3. The smallest absolute Gasteiger partial charge is 0.224 e. The van der Waals surface area contributed by atoms with Gasteiger partial charge in [0, 0.05) is 23.8 Å². The Labute approximate surface area is 90.5 Å². The lowest BCUT2D eigenvalue weighted by molar-refractivity contribution is 0.818. The summed E-state index contributed by atoms with van der Waals surface area (Å²) in [7, 11) is 0. The molecule has 0 aromatic carbocycles. The molecule has 1 saturated carbocycles. The number of nitrogens with zero attached hydrogens (tertiary/aromatic N) is 2. The van der Waals surface area contributed by atoms with Crippen molar-refractivity contribution in [2.75, 3.05) is 17.2 Å². The first-order valence-electron chi connectivity index (χ1n) is 5.49. The minimum atomic E-state index is 0.268. The molecule has 4 nitrogen and oxygen atoms in total. The SMILES string of the molecule is CCNc1nc(C)cc(NC2(C)CC2)n1. The van der Waals surface area contributed by atoms with Crippen molar-refractivity contribution in [2.24, 2.45) is 0 Å². The van der Waals surface area contributed by atoms with Gasteiger partial charge in [-0.2, -0.15) is 4.98 Å². The van der Waals surface area contributed by atoms with E-state index in [9.17, 15) is 0 Å². The van der Waals surface area contributed by atoms with Crippen LogP contribution in [0.25, 0.3) is 0 Å². The van der Waals surface area contributed by atoms with Crippen LogP contribution in [0.5, 0.6) is 0 Å². The van der Waals surface area contributed by atoms with Crippen molar-refractivity contribution in [3.63, 3.8) is 0 Å². The number of hydrogen-bond acceptors (Lipinski definition) is 4. The molecule has 4 heteroatoms. The van der Waals surface area contributed by atoms with E-state index < -0.39 is 0 Å². The fourth-order valence-corrected chi connectivity index (χ4v) is 1.49. The average molecular weight is 206 g/mol. The van der Waals surface area contributed by atoms with Gasteiger partial charge in [-0.25, -0.2) is 4.98 Å². The third-order valence-corrected chi connectivity index (χ3v) is 2.62. The molecule has 82 valence electrons. The average Bonchev–Trinajstić information content (AvgIpc) is 2.82. The van der Waals surface area contributed by atoms with Crippen LogP contribution in [0.3, 0.4) is 0 Å². The zero-order chi connectivity index (χ0) is 10.9. The number of aryl methyl sites for hydroxylation is 1. The second-order valence-electron chi connectivity index (χ2n) is 4.43. The van der Waals surface area contributed by atoms with Gasteiger partial charge in [-0.05, 0) is 33.6 Å². The van der Waals surface area contributed by atoms with E-state index in [1.807, 2.05) is 19.9 Å². The molecule has 1 aromatic rings. The highest BCUT2D eigenvalue weighted by molar-refractivity contribution is 5.45. The molecule has 15 heavy (non-hydrogen) atoms. The molecule has 2 rings (SSSR count). The Hall–Kier alpha value is -1.32. The molecule has 0 atom stereocenters. The molecule has 0 spiro atoms. The highest BCUT2D eigenvalue weighted by Crippen LogP contribution is 2.37. The molecular weight excluding hydrogens is 188 g/mol. The van der Waals surface area contributed by atoms with Crippen LogP contribution in [0.2, 0.25) is 0 Å². The van der Waals surface area contributed by atoms with Gasteiger partial charge >= 0.3 is 0 Å². The molecule has 1 heterocycles. The highest BCUT2D eigenvalue weighted by atomic mass is 15.2. The van der Waals surface area contributed by atoms with E-state index in [-0.39, 0.29) is 5.54 Å². The lowest BCUT2D eigenvalue weighted by Gasteiger charge is -2.13. The van der Waals surface area contributed by atoms with Crippen molar-refractivity contribution in [2.45, 2.75) is 39.2 Å². The first kappa shape index (κ1) is 10.2. The predicted molar refractivity (Wildman–Crippen MR) is 62.2 cm³/mol. The van der Waals surface area contributed by atoms with Crippen molar-refractivity contribution in [1.29, 1.82) is 0 Å². The van der Waals surface area contributed by atoms with E-state index in [0.717, 1.165) is 18.1 Å². The van der Waals surface area contributed by atoms with Gasteiger partial charge in [0.2, 0.25) is 5.95 Å². The molecule has 0 radical (unpaired) electrons. The molecule has 0 bridgehead atoms. The number of nitrogens with one attached hydrogen (secondary N) is 2. The maximum absolute atomic E-state index is 4.42. The minimum Gasteiger partial charge on any atom is -0.365 e. The van der Waals surface area contributed by atoms with Crippen molar-refractivity contribution < 1.29 is 0 Å². The van der Waals surface area contributed by atoms with Gasteiger partial charge < -0.3 is 10.6 Å². The van der Waals surface area contributed by atoms with E-state index in [2.05, 4.69) is 27.5 Å². The molecule has 1 aliphatic rings. The van der Waals surface area contributed by atoms with E-state index in [1.165, 1.54) is 12.8 Å². The predicted octanol–water partition coefficient (Wildman–Crippen LogP) is 2.18. The van der Waals surface area contributed by atoms with Gasteiger partial charge in [-0.15, -0.1) is 0 Å². The Morgan fingerprint density at radius 3 is 2.73 bits per heavy atom. The standard InChI is InChI=1S/C11H18N4/c1-4-12-10-13-8(2)7-9(14-10)15-11(3)5-6-11/h7H,4-6H2,1-3H3,(H2,12,13,14,15). The van der Waals surface area contributed by atoms with Crippen molar-refractivity contribution in [1.82, 2.24) is 9.97 Å². The topological polar surface area (TPSA) is 49.8 Å². The molecule has 0 saturated heterocycles. The van der Waals surface area contributed by atoms with Crippen molar-refractivity contribution in [3.8, 4) is 0 Å². The Kier molecular flexibility index (Phi) is 2.50. The summed E-state index contributed by atoms with van der Waals surface area (Å²) in [5.74, 6) is 1.64. The second-order valence-corrected chi connectivity index (χ2v) is 4.43. The summed E-state index contributed by atoms with van der Waals surface area (Å²) in [6.45, 7) is 7.10. The monoisotopic (exact) mass is 206 g/mol. The Morgan fingerprint density at radius 2 is 2.13 bits per heavy atom. The first-order valence-corrected chi connectivity index (χ1v) is 5.49. The van der Waals surface area contributed by atoms with Crippen molar-refractivity contribution >= 4 is 11.8 Å². The summed E-state index contributed by atoms with van der Waals surface area (Å²) in [4.78, 5) is 8.73. The maximum Gasteiger partial charge on any atom is 0.224 e. The van der Waals surface area contributed by atoms with Gasteiger partial charge in [0.25, 0.3) is 0 Å². The number of anilines is 2. The van der Waals surface area contributed by atoms with E-state index in [1.54, 1.807) is 0 Å². The Morgan fingerprint density at radius 1 is 1.40 bits per heavy atom. The van der Waals surface area contributed by atoms with Crippen LogP contribution in [0.15, 0.2) is 6.07 Å². The molecule has 0 unspecified atom stereocenters. The molecule has 2 N–H and O–H groups in total. The Balaban J connectivity index is 2.15. The largest absolute Gasteiger partial charge is 0.365 e. The summed E-state index contributed by atoms with van der Waals surface area (Å²) in [5.41, 5.74) is 1.26. The molecule has 1 aliphatic carbocycles. The maximum atomic E-state index is 4.42. The summed E-state index contributed by atoms with van der Waals surface area (Å²) < 4.78 is 0. The summed E-state index contributed by atoms with van der Waals surface area (Å²) in [6, 6.07) is 1.99. The van der Waals surface area contributed by atoms with E-state index >= 15 is 0 Å². The van der Waals surface area contributed by atoms with E-state index in [0.29, 0.717) is 5.95 Å². The fourth-order valence-electron chi connectivity index (χ4n) is 1.49. The quantitative estimate of drug-likeness (QED) is 0.792. The second kappa shape index (κ2) is 3.68. The molecule has 0 amide bonds. The zero-order valence-corrected chi connectivity index (χ0v) is 9.59. The normalized spacial score (nSPS) is 17.3. The van der Waals surface area contributed by atoms with Crippen molar-refractivity contribution in [3.05, 3.63) is 11.8 Å². The van der Waals surface area contributed by atoms with Gasteiger partial charge in [0.1, 0.15) is 5.82 Å². The molecule has 1 aromatic heterocycles. The number of aromatic nitrogens is 2. The van der Waals surface area contributed by atoms with E-state index in [4.69, 9.17) is 0 Å². The highest BCUT2D eigenvalue weighted by Gasteiger charge is 2.37. The van der Waals surface area contributed by atoms with Gasteiger partial charge in [-0.3, -0.25) is 0 Å². The third-order valence-electron chi connectivity index (χ3n) is 2.62. The van der Waals surface area contributed by atoms with Crippen LogP contribution in [-0.4, -0.2) is 22.1 Å². The fraction of sp³-hybridized carbons (Fsp3) is 0.636. The van der Waals surface area contributed by atoms with Gasteiger partial charge in [-0.1, -0.05) is 0 Å². The third kappa shape index (κ3) is 2.58. The van der Waals surface area contributed by atoms with Crippen LogP contribution in [-0.2, 0) is 0 Å². The van der Waals surface area contributed by atoms with Crippen LogP contribution < -0.4 is 10.6 Å². The van der Waals surface area contributed by atoms with Crippen LogP contribution >= 0.6 is 0 Å². The molecular formula is C11H18N4. The van der Waals surface area contributed by atoms with Crippen LogP contribution in [0, 0.1) is 6.92 Å². The summed E-state index contributed by atoms with van der Waals surface area (Å²) in [6.07, 6.45) is 2.46. The lowest BCUT2D eigenvalue weighted by Crippen LogP contribution is -2.18. The molecule has 1 fully saturated rings. The summed E-state index contributed by atoms with van der Waals surface area (Å²) in [5, 5.41) is 6.57. The van der Waals surface area contributed by atoms with Crippen LogP contribution in [0.1, 0.15) is 32.4 Å². The minimum absolute atomic E-state index is 0.268. The number of rotatable bonds is 4.